The van der Waals surface area contributed by atoms with Crippen molar-refractivity contribution in [3.63, 3.8) is 0 Å². The Balaban J connectivity index is 1.93. The molecule has 2 rings (SSSR count). The third kappa shape index (κ3) is 6.25. The van der Waals surface area contributed by atoms with E-state index in [2.05, 4.69) is 5.32 Å². The number of ether oxygens (including phenoxy) is 1. The van der Waals surface area contributed by atoms with E-state index in [0.29, 0.717) is 31.9 Å². The highest BCUT2D eigenvalue weighted by Gasteiger charge is 2.30. The van der Waals surface area contributed by atoms with Gasteiger partial charge in [-0.05, 0) is 44.0 Å². The molecule has 1 aliphatic heterocycles. The molecule has 1 amide bonds. The Morgan fingerprint density at radius 3 is 2.41 bits per heavy atom. The molecule has 0 bridgehead atoms. The summed E-state index contributed by atoms with van der Waals surface area (Å²) in [6, 6.07) is 6.21. The molecule has 162 valence electrons. The van der Waals surface area contributed by atoms with Crippen LogP contribution in [-0.2, 0) is 24.3 Å². The number of sulfonamides is 1. The Morgan fingerprint density at radius 1 is 1.17 bits per heavy atom. The van der Waals surface area contributed by atoms with Crippen LogP contribution in [0, 0.1) is 5.92 Å². The molecule has 1 unspecified atom stereocenters. The minimum absolute atomic E-state index is 0.156. The van der Waals surface area contributed by atoms with Gasteiger partial charge in [0.2, 0.25) is 10.0 Å². The predicted octanol–water partition coefficient (Wildman–Crippen LogP) is 0.514. The van der Waals surface area contributed by atoms with Crippen LogP contribution < -0.4 is 10.2 Å². The number of carbonyl (C=O) groups is 2. The summed E-state index contributed by atoms with van der Waals surface area (Å²) in [6.45, 7) is 8.25. The molecule has 2 N–H and O–H groups in total. The molecule has 0 radical (unpaired) electrons. The van der Waals surface area contributed by atoms with Gasteiger partial charge in [-0.3, -0.25) is 9.59 Å². The van der Waals surface area contributed by atoms with Crippen LogP contribution in [0.2, 0.25) is 0 Å². The van der Waals surface area contributed by atoms with Crippen molar-refractivity contribution in [2.24, 2.45) is 5.92 Å². The first kappa shape index (κ1) is 23.3. The number of anilines is 1. The minimum atomic E-state index is -3.52. The number of nitrogens with one attached hydrogen (secondary N) is 2. The first-order valence-electron chi connectivity index (χ1n) is 10.2. The van der Waals surface area contributed by atoms with Crippen molar-refractivity contribution >= 4 is 27.6 Å². The predicted molar refractivity (Wildman–Crippen MR) is 110 cm³/mol. The summed E-state index contributed by atoms with van der Waals surface area (Å²) < 4.78 is 31.5. The van der Waals surface area contributed by atoms with Gasteiger partial charge in [0.1, 0.15) is 5.92 Å². The lowest BCUT2D eigenvalue weighted by Crippen LogP contribution is -3.14. The van der Waals surface area contributed by atoms with Gasteiger partial charge < -0.3 is 15.0 Å². The van der Waals surface area contributed by atoms with Crippen molar-refractivity contribution in [2.45, 2.75) is 38.5 Å². The zero-order valence-corrected chi connectivity index (χ0v) is 18.3. The average Bonchev–Trinajstić information content (AvgIpc) is 2.69. The second-order valence-corrected chi connectivity index (χ2v) is 9.07. The molecule has 1 fully saturated rings. The molecule has 0 aromatic heterocycles. The summed E-state index contributed by atoms with van der Waals surface area (Å²) in [5.41, 5.74) is 0.548. The molecule has 1 aromatic rings. The van der Waals surface area contributed by atoms with Crippen molar-refractivity contribution in [3.05, 3.63) is 24.3 Å². The second-order valence-electron chi connectivity index (χ2n) is 7.13. The fraction of sp³-hybridized carbons (Fsp3) is 0.600. The van der Waals surface area contributed by atoms with Gasteiger partial charge in [-0.25, -0.2) is 8.42 Å². The normalized spacial score (nSPS) is 19.7. The van der Waals surface area contributed by atoms with Crippen molar-refractivity contribution in [1.82, 2.24) is 4.31 Å². The third-order valence-corrected chi connectivity index (χ3v) is 7.19. The van der Waals surface area contributed by atoms with Gasteiger partial charge in [-0.1, -0.05) is 13.8 Å². The fourth-order valence-electron chi connectivity index (χ4n) is 3.63. The van der Waals surface area contributed by atoms with Crippen molar-refractivity contribution in [3.8, 4) is 0 Å². The van der Waals surface area contributed by atoms with E-state index in [9.17, 15) is 18.0 Å². The maximum Gasteiger partial charge on any atom is 0.314 e. The standard InChI is InChI=1S/C20H31N3O5S/c1-4-23(5-2)29(26,27)18-11-9-17(10-12-18)21-19(24)15-22-13-7-8-16(14-22)20(25)28-6-3/h9-12,16H,4-8,13-15H2,1-3H3,(H,21,24)/p+1/t16-/m1/s1. The lowest BCUT2D eigenvalue weighted by atomic mass is 9.98. The van der Waals surface area contributed by atoms with Crippen LogP contribution in [0.5, 0.6) is 0 Å². The largest absolute Gasteiger partial charge is 0.466 e. The first-order valence-corrected chi connectivity index (χ1v) is 11.7. The highest BCUT2D eigenvalue weighted by atomic mass is 32.2. The number of nitrogens with zero attached hydrogens (tertiary/aromatic N) is 1. The van der Waals surface area contributed by atoms with Crippen LogP contribution in [-0.4, -0.2) is 63.9 Å². The maximum absolute atomic E-state index is 12.5. The molecule has 1 aromatic carbocycles. The molecule has 1 aliphatic rings. The number of hydrogen-bond donors (Lipinski definition) is 2. The first-order chi connectivity index (χ1) is 13.8. The number of rotatable bonds is 9. The molecule has 8 nitrogen and oxygen atoms in total. The highest BCUT2D eigenvalue weighted by molar-refractivity contribution is 7.89. The van der Waals surface area contributed by atoms with Crippen molar-refractivity contribution in [2.75, 3.05) is 44.6 Å². The van der Waals surface area contributed by atoms with Gasteiger partial charge >= 0.3 is 5.97 Å². The number of quaternary nitrogens is 1. The monoisotopic (exact) mass is 426 g/mol. The maximum atomic E-state index is 12.5. The van der Waals surface area contributed by atoms with Crippen LogP contribution in [0.4, 0.5) is 5.69 Å². The van der Waals surface area contributed by atoms with Crippen molar-refractivity contribution < 1.29 is 27.6 Å². The zero-order valence-electron chi connectivity index (χ0n) is 17.4. The summed E-state index contributed by atoms with van der Waals surface area (Å²) in [4.78, 5) is 25.6. The molecule has 1 saturated heterocycles. The zero-order chi connectivity index (χ0) is 21.4. The van der Waals surface area contributed by atoms with E-state index >= 15 is 0 Å². The molecule has 9 heteroatoms. The third-order valence-electron chi connectivity index (χ3n) is 5.13. The molecular formula is C20H32N3O5S+. The van der Waals surface area contributed by atoms with Crippen LogP contribution in [0.3, 0.4) is 0 Å². The van der Waals surface area contributed by atoms with E-state index < -0.39 is 10.0 Å². The molecule has 0 aliphatic carbocycles. The number of esters is 1. The second kappa shape index (κ2) is 10.7. The topological polar surface area (TPSA) is 97.2 Å². The van der Waals surface area contributed by atoms with Crippen LogP contribution in [0.15, 0.2) is 29.2 Å². The molecule has 2 atom stereocenters. The van der Waals surface area contributed by atoms with Gasteiger partial charge in [-0.2, -0.15) is 4.31 Å². The van der Waals surface area contributed by atoms with E-state index in [0.717, 1.165) is 24.3 Å². The number of likely N-dealkylation sites (tertiary alicyclic amines) is 1. The van der Waals surface area contributed by atoms with E-state index in [1.165, 1.54) is 16.4 Å². The minimum Gasteiger partial charge on any atom is -0.466 e. The Hall–Kier alpha value is -1.97. The van der Waals surface area contributed by atoms with Crippen LogP contribution >= 0.6 is 0 Å². The Bertz CT molecular complexity index is 791. The molecule has 29 heavy (non-hydrogen) atoms. The summed E-state index contributed by atoms with van der Waals surface area (Å²) >= 11 is 0. The van der Waals surface area contributed by atoms with Gasteiger partial charge in [0.15, 0.2) is 6.54 Å². The number of hydrogen-bond acceptors (Lipinski definition) is 5. The summed E-state index contributed by atoms with van der Waals surface area (Å²) in [7, 11) is -3.52. The Morgan fingerprint density at radius 2 is 1.83 bits per heavy atom. The van der Waals surface area contributed by atoms with E-state index in [-0.39, 0.29) is 29.2 Å². The Labute approximate surface area is 173 Å². The number of piperidine rings is 1. The number of benzene rings is 1. The summed E-state index contributed by atoms with van der Waals surface area (Å²) in [5.74, 6) is -0.505. The van der Waals surface area contributed by atoms with Crippen LogP contribution in [0.25, 0.3) is 0 Å². The van der Waals surface area contributed by atoms with Crippen LogP contribution in [0.1, 0.15) is 33.6 Å². The van der Waals surface area contributed by atoms with Gasteiger partial charge in [0.05, 0.1) is 24.6 Å². The van der Waals surface area contributed by atoms with E-state index in [1.54, 1.807) is 32.9 Å². The van der Waals surface area contributed by atoms with E-state index in [1.807, 2.05) is 0 Å². The van der Waals surface area contributed by atoms with Gasteiger partial charge in [-0.15, -0.1) is 0 Å². The smallest absolute Gasteiger partial charge is 0.314 e. The SMILES string of the molecule is CCOC(=O)[C@@H]1CCC[NH+](CC(=O)Nc2ccc(S(=O)(=O)N(CC)CC)cc2)C1. The molecule has 0 spiro atoms. The molecule has 1 heterocycles. The van der Waals surface area contributed by atoms with Gasteiger partial charge in [0.25, 0.3) is 5.91 Å². The number of carbonyl (C=O) groups excluding carboxylic acids is 2. The lowest BCUT2D eigenvalue weighted by Gasteiger charge is -2.28. The van der Waals surface area contributed by atoms with E-state index in [4.69, 9.17) is 4.74 Å². The highest BCUT2D eigenvalue weighted by Crippen LogP contribution is 2.18. The molecule has 0 saturated carbocycles. The van der Waals surface area contributed by atoms with Crippen molar-refractivity contribution in [1.29, 1.82) is 0 Å². The lowest BCUT2D eigenvalue weighted by molar-refractivity contribution is -0.899. The Kier molecular flexibility index (Phi) is 8.60. The summed E-state index contributed by atoms with van der Waals surface area (Å²) in [5, 5.41) is 2.81. The molecular weight excluding hydrogens is 394 g/mol. The summed E-state index contributed by atoms with van der Waals surface area (Å²) in [6.07, 6.45) is 1.68. The quantitative estimate of drug-likeness (QED) is 0.561. The average molecular weight is 427 g/mol. The fourth-order valence-corrected chi connectivity index (χ4v) is 5.09. The number of amides is 1. The van der Waals surface area contributed by atoms with Gasteiger partial charge in [0, 0.05) is 18.8 Å².